The Kier molecular flexibility index (Phi) is 5.15. The topological polar surface area (TPSA) is 49.6 Å². The van der Waals surface area contributed by atoms with Crippen LogP contribution < -0.4 is 5.32 Å². The van der Waals surface area contributed by atoms with Crippen molar-refractivity contribution in [2.45, 2.75) is 58.9 Å². The van der Waals surface area contributed by atoms with Gasteiger partial charge in [0.15, 0.2) is 0 Å². The SMILES string of the molecule is Cc1scc(C(=O)N2CCC(c3nc4ccccn4c3NC(C)(C)C)CC2)c1C. The Morgan fingerprint density at radius 1 is 1.21 bits per heavy atom. The van der Waals surface area contributed by atoms with Crippen LogP contribution in [0.15, 0.2) is 29.8 Å². The molecule has 1 amide bonds. The number of fused-ring (bicyclic) bond motifs is 1. The molecule has 0 radical (unpaired) electrons. The van der Waals surface area contributed by atoms with E-state index in [0.29, 0.717) is 5.92 Å². The summed E-state index contributed by atoms with van der Waals surface area (Å²) in [5.41, 5.74) is 4.04. The fourth-order valence-electron chi connectivity index (χ4n) is 4.03. The number of piperidine rings is 1. The van der Waals surface area contributed by atoms with Gasteiger partial charge in [-0.2, -0.15) is 0 Å². The van der Waals surface area contributed by atoms with Gasteiger partial charge in [0.2, 0.25) is 0 Å². The van der Waals surface area contributed by atoms with E-state index in [1.807, 2.05) is 29.3 Å². The molecule has 3 aromatic rings. The highest BCUT2D eigenvalue weighted by molar-refractivity contribution is 7.10. The molecule has 0 saturated carbocycles. The Balaban J connectivity index is 1.55. The van der Waals surface area contributed by atoms with Gasteiger partial charge >= 0.3 is 0 Å². The predicted octanol–water partition coefficient (Wildman–Crippen LogP) is 5.24. The first kappa shape index (κ1) is 20.0. The molecule has 1 aliphatic rings. The Bertz CT molecular complexity index is 1040. The Morgan fingerprint density at radius 2 is 1.93 bits per heavy atom. The number of anilines is 1. The molecule has 29 heavy (non-hydrogen) atoms. The van der Waals surface area contributed by atoms with Gasteiger partial charge in [-0.1, -0.05) is 6.07 Å². The number of pyridine rings is 1. The Labute approximate surface area is 176 Å². The molecule has 4 heterocycles. The molecule has 6 heteroatoms. The third kappa shape index (κ3) is 3.90. The van der Waals surface area contributed by atoms with Crippen LogP contribution in [0.4, 0.5) is 5.82 Å². The van der Waals surface area contributed by atoms with Crippen LogP contribution >= 0.6 is 11.3 Å². The summed E-state index contributed by atoms with van der Waals surface area (Å²) < 4.78 is 2.15. The van der Waals surface area contributed by atoms with Crippen LogP contribution in [0, 0.1) is 13.8 Å². The summed E-state index contributed by atoms with van der Waals surface area (Å²) in [6.07, 6.45) is 3.95. The van der Waals surface area contributed by atoms with Crippen LogP contribution in [-0.2, 0) is 0 Å². The summed E-state index contributed by atoms with van der Waals surface area (Å²) in [7, 11) is 0. The van der Waals surface area contributed by atoms with Crippen LogP contribution in [-0.4, -0.2) is 38.8 Å². The molecule has 0 spiro atoms. The molecule has 0 aliphatic carbocycles. The van der Waals surface area contributed by atoms with Crippen LogP contribution in [0.3, 0.4) is 0 Å². The number of carbonyl (C=O) groups is 1. The molecular formula is C23H30N4OS. The van der Waals surface area contributed by atoms with E-state index in [2.05, 4.69) is 49.7 Å². The highest BCUT2D eigenvalue weighted by Gasteiger charge is 2.30. The minimum atomic E-state index is -0.0500. The number of carbonyl (C=O) groups excluding carboxylic acids is 1. The van der Waals surface area contributed by atoms with Gasteiger partial charge < -0.3 is 10.2 Å². The van der Waals surface area contributed by atoms with E-state index in [-0.39, 0.29) is 11.4 Å². The van der Waals surface area contributed by atoms with E-state index >= 15 is 0 Å². The lowest BCUT2D eigenvalue weighted by Crippen LogP contribution is -2.38. The number of aromatic nitrogens is 2. The highest BCUT2D eigenvalue weighted by atomic mass is 32.1. The molecule has 1 aliphatic heterocycles. The fraction of sp³-hybridized carbons (Fsp3) is 0.478. The first-order chi connectivity index (χ1) is 13.7. The number of nitrogens with zero attached hydrogens (tertiary/aromatic N) is 3. The zero-order chi connectivity index (χ0) is 20.8. The molecule has 3 aromatic heterocycles. The number of hydrogen-bond donors (Lipinski definition) is 1. The average Bonchev–Trinajstić information content (AvgIpc) is 3.21. The number of rotatable bonds is 3. The minimum absolute atomic E-state index is 0.0500. The molecule has 1 N–H and O–H groups in total. The molecule has 0 atom stereocenters. The van der Waals surface area contributed by atoms with Crippen LogP contribution in [0.1, 0.15) is 66.0 Å². The standard InChI is InChI=1S/C23H30N4OS/c1-15-16(2)29-14-18(15)22(28)26-12-9-17(10-13-26)20-21(25-23(3,4)5)27-11-7-6-8-19(27)24-20/h6-8,11,14,17,25H,9-10,12-13H2,1-5H3. The Hall–Kier alpha value is -2.34. The molecule has 1 saturated heterocycles. The van der Waals surface area contributed by atoms with Crippen molar-refractivity contribution in [3.63, 3.8) is 0 Å². The highest BCUT2D eigenvalue weighted by Crippen LogP contribution is 2.35. The van der Waals surface area contributed by atoms with E-state index in [0.717, 1.165) is 54.2 Å². The van der Waals surface area contributed by atoms with Crippen LogP contribution in [0.2, 0.25) is 0 Å². The normalized spacial score (nSPS) is 15.8. The summed E-state index contributed by atoms with van der Waals surface area (Å²) in [5.74, 6) is 1.62. The molecule has 4 rings (SSSR count). The number of imidazole rings is 1. The summed E-state index contributed by atoms with van der Waals surface area (Å²) in [5, 5.41) is 5.67. The number of nitrogens with one attached hydrogen (secondary N) is 1. The van der Waals surface area contributed by atoms with Crippen molar-refractivity contribution in [3.05, 3.63) is 51.5 Å². The van der Waals surface area contributed by atoms with Crippen LogP contribution in [0.25, 0.3) is 5.65 Å². The molecular weight excluding hydrogens is 380 g/mol. The number of thiophene rings is 1. The first-order valence-electron chi connectivity index (χ1n) is 10.3. The van der Waals surface area contributed by atoms with Crippen molar-refractivity contribution in [1.82, 2.24) is 14.3 Å². The van der Waals surface area contributed by atoms with E-state index in [4.69, 9.17) is 4.98 Å². The van der Waals surface area contributed by atoms with Gasteiger partial charge in [0.1, 0.15) is 11.5 Å². The largest absolute Gasteiger partial charge is 0.365 e. The summed E-state index contributed by atoms with van der Waals surface area (Å²) in [6, 6.07) is 6.12. The molecule has 0 unspecified atom stereocenters. The van der Waals surface area contributed by atoms with Gasteiger partial charge in [0.25, 0.3) is 5.91 Å². The van der Waals surface area contributed by atoms with Gasteiger partial charge in [-0.15, -0.1) is 11.3 Å². The van der Waals surface area contributed by atoms with Crippen molar-refractivity contribution in [1.29, 1.82) is 0 Å². The Morgan fingerprint density at radius 3 is 2.55 bits per heavy atom. The number of likely N-dealkylation sites (tertiary alicyclic amines) is 1. The summed E-state index contributed by atoms with van der Waals surface area (Å²) in [4.78, 5) is 21.2. The zero-order valence-corrected chi connectivity index (χ0v) is 18.8. The van der Waals surface area contributed by atoms with E-state index in [9.17, 15) is 4.79 Å². The van der Waals surface area contributed by atoms with Gasteiger partial charge in [0.05, 0.1) is 11.3 Å². The number of aryl methyl sites for hydroxylation is 1. The monoisotopic (exact) mass is 410 g/mol. The number of amides is 1. The van der Waals surface area contributed by atoms with E-state index in [1.54, 1.807) is 11.3 Å². The van der Waals surface area contributed by atoms with Crippen molar-refractivity contribution >= 4 is 28.7 Å². The summed E-state index contributed by atoms with van der Waals surface area (Å²) in [6.45, 7) is 12.2. The quantitative estimate of drug-likeness (QED) is 0.642. The maximum atomic E-state index is 13.0. The molecule has 1 fully saturated rings. The molecule has 5 nitrogen and oxygen atoms in total. The number of hydrogen-bond acceptors (Lipinski definition) is 4. The second-order valence-electron chi connectivity index (χ2n) is 9.05. The fourth-order valence-corrected chi connectivity index (χ4v) is 4.89. The van der Waals surface area contributed by atoms with Crippen molar-refractivity contribution in [2.75, 3.05) is 18.4 Å². The van der Waals surface area contributed by atoms with Crippen molar-refractivity contribution < 1.29 is 4.79 Å². The lowest BCUT2D eigenvalue weighted by Gasteiger charge is -2.32. The molecule has 0 bridgehead atoms. The average molecular weight is 411 g/mol. The maximum absolute atomic E-state index is 13.0. The van der Waals surface area contributed by atoms with Gasteiger partial charge in [-0.3, -0.25) is 9.20 Å². The third-order valence-corrected chi connectivity index (χ3v) is 6.75. The predicted molar refractivity (Wildman–Crippen MR) is 120 cm³/mol. The van der Waals surface area contributed by atoms with E-state index in [1.165, 1.54) is 4.88 Å². The van der Waals surface area contributed by atoms with Gasteiger partial charge in [0, 0.05) is 41.0 Å². The second-order valence-corrected chi connectivity index (χ2v) is 10.1. The third-order valence-electron chi connectivity index (χ3n) is 5.74. The smallest absolute Gasteiger partial charge is 0.254 e. The zero-order valence-electron chi connectivity index (χ0n) is 18.0. The second kappa shape index (κ2) is 7.48. The maximum Gasteiger partial charge on any atom is 0.254 e. The van der Waals surface area contributed by atoms with Gasteiger partial charge in [-0.05, 0) is 65.2 Å². The van der Waals surface area contributed by atoms with Crippen molar-refractivity contribution in [3.8, 4) is 0 Å². The van der Waals surface area contributed by atoms with Crippen molar-refractivity contribution in [2.24, 2.45) is 0 Å². The lowest BCUT2D eigenvalue weighted by atomic mass is 9.92. The van der Waals surface area contributed by atoms with Gasteiger partial charge in [-0.25, -0.2) is 4.98 Å². The summed E-state index contributed by atoms with van der Waals surface area (Å²) >= 11 is 1.66. The first-order valence-corrected chi connectivity index (χ1v) is 11.2. The lowest BCUT2D eigenvalue weighted by molar-refractivity contribution is 0.0712. The molecule has 0 aromatic carbocycles. The molecule has 154 valence electrons. The van der Waals surface area contributed by atoms with Crippen LogP contribution in [0.5, 0.6) is 0 Å². The van der Waals surface area contributed by atoms with E-state index < -0.39 is 0 Å². The minimum Gasteiger partial charge on any atom is -0.365 e.